The van der Waals surface area contributed by atoms with Crippen LogP contribution in [0.2, 0.25) is 0 Å². The Balaban J connectivity index is 1.36. The lowest BCUT2D eigenvalue weighted by Gasteiger charge is -2.09. The van der Waals surface area contributed by atoms with Crippen LogP contribution in [0.4, 0.5) is 30.6 Å². The summed E-state index contributed by atoms with van der Waals surface area (Å²) in [6.07, 6.45) is -1.55. The van der Waals surface area contributed by atoms with Crippen molar-refractivity contribution in [1.29, 1.82) is 0 Å². The Labute approximate surface area is 220 Å². The van der Waals surface area contributed by atoms with Gasteiger partial charge in [0, 0.05) is 29.3 Å². The zero-order chi connectivity index (χ0) is 27.3. The van der Waals surface area contributed by atoms with Crippen molar-refractivity contribution in [2.45, 2.75) is 23.2 Å². The lowest BCUT2D eigenvalue weighted by Crippen LogP contribution is -2.15. The second-order valence-electron chi connectivity index (χ2n) is 7.79. The first-order valence-electron chi connectivity index (χ1n) is 10.9. The SMILES string of the molecule is Cc1ccnc(NS(=O)(=O)c2ccc(Nc3ccnc(SCC(=O)c4ccc(C(F)(F)F)cc4)n3)cc2)n1. The maximum atomic E-state index is 12.7. The standard InChI is InChI=1S/C24H19F3N6O3S2/c1-15-10-12-28-22(30-15)33-38(35,36)19-8-6-18(7-9-19)31-21-11-13-29-23(32-21)37-14-20(34)16-2-4-17(5-3-16)24(25,26)27/h2-13H,14H2,1H3,(H,28,30,33)(H,29,31,32). The van der Waals surface area contributed by atoms with Gasteiger partial charge in [-0.25, -0.2) is 33.1 Å². The van der Waals surface area contributed by atoms with Crippen molar-refractivity contribution in [2.24, 2.45) is 0 Å². The molecule has 2 N–H and O–H groups in total. The largest absolute Gasteiger partial charge is 0.416 e. The fraction of sp³-hybridized carbons (Fsp3) is 0.125. The number of nitrogens with one attached hydrogen (secondary N) is 2. The molecule has 0 saturated heterocycles. The number of benzene rings is 2. The fourth-order valence-electron chi connectivity index (χ4n) is 3.08. The number of rotatable bonds is 9. The van der Waals surface area contributed by atoms with E-state index in [0.717, 1.165) is 36.0 Å². The van der Waals surface area contributed by atoms with Crippen LogP contribution in [0.15, 0.2) is 83.1 Å². The maximum Gasteiger partial charge on any atom is 0.416 e. The normalized spacial score (nSPS) is 11.7. The molecule has 0 saturated carbocycles. The Morgan fingerprint density at radius 2 is 1.61 bits per heavy atom. The third-order valence-corrected chi connectivity index (χ3v) is 7.16. The third kappa shape index (κ3) is 7.04. The number of halogens is 3. The van der Waals surface area contributed by atoms with Gasteiger partial charge in [0.05, 0.1) is 16.2 Å². The predicted molar refractivity (Wildman–Crippen MR) is 136 cm³/mol. The number of hydrogen-bond acceptors (Lipinski definition) is 9. The Morgan fingerprint density at radius 3 is 2.26 bits per heavy atom. The minimum Gasteiger partial charge on any atom is -0.340 e. The van der Waals surface area contributed by atoms with Gasteiger partial charge < -0.3 is 5.32 Å². The second-order valence-corrected chi connectivity index (χ2v) is 10.4. The number of thioether (sulfide) groups is 1. The van der Waals surface area contributed by atoms with Crippen LogP contribution in [-0.4, -0.2) is 39.9 Å². The van der Waals surface area contributed by atoms with E-state index < -0.39 is 21.8 Å². The van der Waals surface area contributed by atoms with Crippen LogP contribution in [-0.2, 0) is 16.2 Å². The van der Waals surface area contributed by atoms with E-state index in [2.05, 4.69) is 30.0 Å². The number of ketones is 1. The van der Waals surface area contributed by atoms with Crippen LogP contribution in [0.5, 0.6) is 0 Å². The molecule has 0 fully saturated rings. The summed E-state index contributed by atoms with van der Waals surface area (Å²) < 4.78 is 65.6. The molecular weight excluding hydrogens is 541 g/mol. The van der Waals surface area contributed by atoms with Gasteiger partial charge in [0.2, 0.25) is 5.95 Å². The van der Waals surface area contributed by atoms with E-state index >= 15 is 0 Å². The van der Waals surface area contributed by atoms with Gasteiger partial charge >= 0.3 is 6.18 Å². The van der Waals surface area contributed by atoms with E-state index in [4.69, 9.17) is 0 Å². The maximum absolute atomic E-state index is 12.7. The van der Waals surface area contributed by atoms with E-state index in [1.54, 1.807) is 31.2 Å². The minimum absolute atomic E-state index is 0.00821. The molecule has 0 radical (unpaired) electrons. The highest BCUT2D eigenvalue weighted by Crippen LogP contribution is 2.29. The van der Waals surface area contributed by atoms with Crippen molar-refractivity contribution < 1.29 is 26.4 Å². The molecule has 196 valence electrons. The zero-order valence-electron chi connectivity index (χ0n) is 19.6. The molecule has 0 aliphatic heterocycles. The molecule has 0 unspecified atom stereocenters. The molecule has 2 heterocycles. The van der Waals surface area contributed by atoms with E-state index in [9.17, 15) is 26.4 Å². The Morgan fingerprint density at radius 1 is 0.921 bits per heavy atom. The highest BCUT2D eigenvalue weighted by atomic mass is 32.2. The number of sulfonamides is 1. The number of anilines is 3. The summed E-state index contributed by atoms with van der Waals surface area (Å²) in [5, 5.41) is 3.30. The van der Waals surface area contributed by atoms with Crippen molar-refractivity contribution in [3.05, 3.63) is 89.9 Å². The topological polar surface area (TPSA) is 127 Å². The van der Waals surface area contributed by atoms with Crippen molar-refractivity contribution in [2.75, 3.05) is 15.8 Å². The molecule has 2 aromatic carbocycles. The number of carbonyl (C=O) groups excluding carboxylic acids is 1. The molecule has 4 rings (SSSR count). The number of nitrogens with zero attached hydrogens (tertiary/aromatic N) is 4. The molecule has 2 aromatic heterocycles. The predicted octanol–water partition coefficient (Wildman–Crippen LogP) is 5.11. The van der Waals surface area contributed by atoms with Crippen LogP contribution in [0.3, 0.4) is 0 Å². The lowest BCUT2D eigenvalue weighted by molar-refractivity contribution is -0.137. The molecule has 4 aromatic rings. The first kappa shape index (κ1) is 27.0. The minimum atomic E-state index is -4.47. The first-order chi connectivity index (χ1) is 18.0. The molecule has 9 nitrogen and oxygen atoms in total. The highest BCUT2D eigenvalue weighted by Gasteiger charge is 2.30. The number of aromatic nitrogens is 4. The molecule has 0 amide bonds. The van der Waals surface area contributed by atoms with Crippen LogP contribution < -0.4 is 10.0 Å². The first-order valence-corrected chi connectivity index (χ1v) is 13.3. The quantitative estimate of drug-likeness (QED) is 0.163. The number of Topliss-reactive ketones (excluding diaryl/α,β-unsaturated/α-hetero) is 1. The van der Waals surface area contributed by atoms with Gasteiger partial charge in [-0.2, -0.15) is 13.2 Å². The number of alkyl halides is 3. The number of aryl methyl sites for hydroxylation is 1. The monoisotopic (exact) mass is 560 g/mol. The van der Waals surface area contributed by atoms with Crippen LogP contribution in [0.25, 0.3) is 0 Å². The van der Waals surface area contributed by atoms with E-state index in [-0.39, 0.29) is 33.1 Å². The Hall–Kier alpha value is -4.04. The fourth-order valence-corrected chi connectivity index (χ4v) is 4.76. The van der Waals surface area contributed by atoms with E-state index in [1.807, 2.05) is 0 Å². The van der Waals surface area contributed by atoms with Gasteiger partial charge in [-0.05, 0) is 55.5 Å². The Bertz CT molecular complexity index is 1550. The summed E-state index contributed by atoms with van der Waals surface area (Å²) in [6, 6.07) is 13.1. The van der Waals surface area contributed by atoms with Crippen LogP contribution in [0, 0.1) is 6.92 Å². The van der Waals surface area contributed by atoms with Gasteiger partial charge in [0.1, 0.15) is 5.82 Å². The molecule has 0 aliphatic carbocycles. The highest BCUT2D eigenvalue weighted by molar-refractivity contribution is 7.99. The average molecular weight is 561 g/mol. The summed E-state index contributed by atoms with van der Waals surface area (Å²) in [5.74, 6) is -0.0764. The molecule has 0 bridgehead atoms. The molecule has 0 atom stereocenters. The van der Waals surface area contributed by atoms with Crippen molar-refractivity contribution in [1.82, 2.24) is 19.9 Å². The van der Waals surface area contributed by atoms with Gasteiger partial charge in [-0.1, -0.05) is 23.9 Å². The van der Waals surface area contributed by atoms with Crippen molar-refractivity contribution in [3.63, 3.8) is 0 Å². The molecule has 14 heteroatoms. The second kappa shape index (κ2) is 11.1. The third-order valence-electron chi connectivity index (χ3n) is 4.96. The van der Waals surface area contributed by atoms with Crippen molar-refractivity contribution in [3.8, 4) is 0 Å². The summed E-state index contributed by atoms with van der Waals surface area (Å²) in [5.41, 5.74) is 0.485. The van der Waals surface area contributed by atoms with E-state index in [1.165, 1.54) is 24.5 Å². The summed E-state index contributed by atoms with van der Waals surface area (Å²) in [6.45, 7) is 1.72. The van der Waals surface area contributed by atoms with Gasteiger partial charge in [0.25, 0.3) is 10.0 Å². The molecule has 38 heavy (non-hydrogen) atoms. The summed E-state index contributed by atoms with van der Waals surface area (Å²) in [4.78, 5) is 28.7. The number of carbonyl (C=O) groups is 1. The summed E-state index contributed by atoms with van der Waals surface area (Å²) >= 11 is 1.03. The van der Waals surface area contributed by atoms with Crippen LogP contribution in [0.1, 0.15) is 21.6 Å². The van der Waals surface area contributed by atoms with Crippen LogP contribution >= 0.6 is 11.8 Å². The average Bonchev–Trinajstić information content (AvgIpc) is 2.87. The van der Waals surface area contributed by atoms with Crippen molar-refractivity contribution >= 4 is 45.0 Å². The molecular formula is C24H19F3N6O3S2. The van der Waals surface area contributed by atoms with Gasteiger partial charge in [-0.15, -0.1) is 0 Å². The van der Waals surface area contributed by atoms with Gasteiger partial charge in [-0.3, -0.25) is 4.79 Å². The smallest absolute Gasteiger partial charge is 0.340 e. The Kier molecular flexibility index (Phi) is 7.92. The molecule has 0 spiro atoms. The summed E-state index contributed by atoms with van der Waals surface area (Å²) in [7, 11) is -3.89. The zero-order valence-corrected chi connectivity index (χ0v) is 21.2. The lowest BCUT2D eigenvalue weighted by atomic mass is 10.1. The molecule has 0 aliphatic rings. The van der Waals surface area contributed by atoms with Gasteiger partial charge in [0.15, 0.2) is 10.9 Å². The number of hydrogen-bond donors (Lipinski definition) is 2. The van der Waals surface area contributed by atoms with E-state index in [0.29, 0.717) is 17.2 Å².